The van der Waals surface area contributed by atoms with Crippen molar-refractivity contribution in [2.75, 3.05) is 25.9 Å². The molecular weight excluding hydrogens is 232 g/mol. The van der Waals surface area contributed by atoms with Gasteiger partial charge in [-0.2, -0.15) is 0 Å². The zero-order valence-corrected chi connectivity index (χ0v) is 10.4. The Hall–Kier alpha value is -1.75. The number of amides is 1. The van der Waals surface area contributed by atoms with E-state index in [9.17, 15) is 9.90 Å². The molecule has 0 saturated carbocycles. The smallest absolute Gasteiger partial charge is 0.254 e. The van der Waals surface area contributed by atoms with Gasteiger partial charge in [0.2, 0.25) is 0 Å². The van der Waals surface area contributed by atoms with Gasteiger partial charge in [-0.05, 0) is 31.0 Å². The van der Waals surface area contributed by atoms with Crippen LogP contribution in [0.15, 0.2) is 18.2 Å². The molecule has 5 heteroatoms. The Morgan fingerprint density at radius 2 is 2.33 bits per heavy atom. The van der Waals surface area contributed by atoms with Crippen LogP contribution in [0.5, 0.6) is 5.75 Å². The quantitative estimate of drug-likeness (QED) is 0.764. The number of carbonyl (C=O) groups is 1. The van der Waals surface area contributed by atoms with Crippen molar-refractivity contribution >= 4 is 11.6 Å². The van der Waals surface area contributed by atoms with Gasteiger partial charge in [-0.15, -0.1) is 0 Å². The molecule has 0 spiro atoms. The fraction of sp³-hybridized carbons (Fsp3) is 0.462. The fourth-order valence-corrected chi connectivity index (χ4v) is 2.17. The molecule has 1 amide bonds. The van der Waals surface area contributed by atoms with Crippen molar-refractivity contribution in [3.05, 3.63) is 23.8 Å². The standard InChI is InChI=1S/C13H18N2O3/c1-18-12-7-9(4-5-11(12)14)13(17)15-6-2-3-10(16)8-15/h4-5,7,10,16H,2-3,6,8,14H2,1H3/t10-/m0/s1. The number of piperidine rings is 1. The van der Waals surface area contributed by atoms with Crippen LogP contribution in [0.25, 0.3) is 0 Å². The van der Waals surface area contributed by atoms with E-state index < -0.39 is 6.10 Å². The number of likely N-dealkylation sites (tertiary alicyclic amines) is 1. The average molecular weight is 250 g/mol. The van der Waals surface area contributed by atoms with Crippen LogP contribution in [0, 0.1) is 0 Å². The van der Waals surface area contributed by atoms with E-state index in [-0.39, 0.29) is 5.91 Å². The molecule has 1 aliphatic rings. The van der Waals surface area contributed by atoms with Gasteiger partial charge in [0.15, 0.2) is 0 Å². The molecule has 0 aromatic heterocycles. The highest BCUT2D eigenvalue weighted by molar-refractivity contribution is 5.95. The van der Waals surface area contributed by atoms with Crippen molar-refractivity contribution in [1.82, 2.24) is 4.90 Å². The molecule has 1 aromatic carbocycles. The summed E-state index contributed by atoms with van der Waals surface area (Å²) in [6, 6.07) is 4.98. The number of carbonyl (C=O) groups excluding carboxylic acids is 1. The average Bonchev–Trinajstić information content (AvgIpc) is 2.38. The second-order valence-electron chi connectivity index (χ2n) is 4.50. The summed E-state index contributed by atoms with van der Waals surface area (Å²) in [5.74, 6) is 0.408. The van der Waals surface area contributed by atoms with Crippen LogP contribution in [-0.2, 0) is 0 Å². The summed E-state index contributed by atoms with van der Waals surface area (Å²) in [5, 5.41) is 9.58. The van der Waals surface area contributed by atoms with Crippen molar-refractivity contribution in [3.8, 4) is 5.75 Å². The number of aliphatic hydroxyl groups is 1. The monoisotopic (exact) mass is 250 g/mol. The van der Waals surface area contributed by atoms with Gasteiger partial charge in [0.05, 0.1) is 18.9 Å². The Balaban J connectivity index is 2.17. The van der Waals surface area contributed by atoms with Crippen LogP contribution in [0.2, 0.25) is 0 Å². The van der Waals surface area contributed by atoms with Gasteiger partial charge >= 0.3 is 0 Å². The first-order valence-electron chi connectivity index (χ1n) is 6.02. The molecule has 18 heavy (non-hydrogen) atoms. The fourth-order valence-electron chi connectivity index (χ4n) is 2.17. The molecule has 0 radical (unpaired) electrons. The normalized spacial score (nSPS) is 19.7. The van der Waals surface area contributed by atoms with Gasteiger partial charge in [-0.25, -0.2) is 0 Å². The van der Waals surface area contributed by atoms with Gasteiger partial charge in [0, 0.05) is 18.7 Å². The third-order valence-corrected chi connectivity index (χ3v) is 3.16. The molecule has 3 N–H and O–H groups in total. The summed E-state index contributed by atoms with van der Waals surface area (Å²) in [6.07, 6.45) is 1.17. The molecule has 1 aliphatic heterocycles. The summed E-state index contributed by atoms with van der Waals surface area (Å²) >= 11 is 0. The maximum atomic E-state index is 12.2. The third kappa shape index (κ3) is 2.56. The molecule has 0 unspecified atom stereocenters. The second kappa shape index (κ2) is 5.27. The van der Waals surface area contributed by atoms with Gasteiger partial charge in [-0.1, -0.05) is 0 Å². The van der Waals surface area contributed by atoms with E-state index in [2.05, 4.69) is 0 Å². The number of benzene rings is 1. The summed E-state index contributed by atoms with van der Waals surface area (Å²) in [7, 11) is 1.52. The number of nitrogen functional groups attached to an aromatic ring is 1. The SMILES string of the molecule is COc1cc(C(=O)N2CCC[C@H](O)C2)ccc1N. The van der Waals surface area contributed by atoms with Crippen molar-refractivity contribution in [2.24, 2.45) is 0 Å². The highest BCUT2D eigenvalue weighted by atomic mass is 16.5. The Morgan fingerprint density at radius 1 is 1.56 bits per heavy atom. The minimum absolute atomic E-state index is 0.0907. The molecular formula is C13H18N2O3. The Labute approximate surface area is 106 Å². The van der Waals surface area contributed by atoms with Crippen LogP contribution >= 0.6 is 0 Å². The molecule has 1 heterocycles. The van der Waals surface area contributed by atoms with Gasteiger partial charge < -0.3 is 20.5 Å². The maximum Gasteiger partial charge on any atom is 0.254 e. The van der Waals surface area contributed by atoms with E-state index in [1.165, 1.54) is 7.11 Å². The lowest BCUT2D eigenvalue weighted by Crippen LogP contribution is -2.42. The Bertz CT molecular complexity index is 448. The van der Waals surface area contributed by atoms with Crippen molar-refractivity contribution < 1.29 is 14.6 Å². The van der Waals surface area contributed by atoms with Crippen molar-refractivity contribution in [3.63, 3.8) is 0 Å². The van der Waals surface area contributed by atoms with E-state index in [0.717, 1.165) is 12.8 Å². The first kappa shape index (κ1) is 12.7. The lowest BCUT2D eigenvalue weighted by Gasteiger charge is -2.30. The molecule has 1 saturated heterocycles. The highest BCUT2D eigenvalue weighted by Crippen LogP contribution is 2.23. The van der Waals surface area contributed by atoms with Gasteiger partial charge in [0.1, 0.15) is 5.75 Å². The number of hydrogen-bond acceptors (Lipinski definition) is 4. The van der Waals surface area contributed by atoms with E-state index in [4.69, 9.17) is 10.5 Å². The summed E-state index contributed by atoms with van der Waals surface area (Å²) in [6.45, 7) is 1.08. The first-order chi connectivity index (χ1) is 8.61. The maximum absolute atomic E-state index is 12.2. The number of ether oxygens (including phenoxy) is 1. The molecule has 5 nitrogen and oxygen atoms in total. The Kier molecular flexibility index (Phi) is 3.72. The number of nitrogens with zero attached hydrogens (tertiary/aromatic N) is 1. The topological polar surface area (TPSA) is 75.8 Å². The summed E-state index contributed by atoms with van der Waals surface area (Å²) < 4.78 is 5.10. The number of nitrogens with two attached hydrogens (primary N) is 1. The zero-order chi connectivity index (χ0) is 13.1. The highest BCUT2D eigenvalue weighted by Gasteiger charge is 2.23. The third-order valence-electron chi connectivity index (χ3n) is 3.16. The second-order valence-corrected chi connectivity index (χ2v) is 4.50. The molecule has 1 fully saturated rings. The lowest BCUT2D eigenvalue weighted by molar-refractivity contribution is 0.0473. The van der Waals surface area contributed by atoms with Gasteiger partial charge in [-0.3, -0.25) is 4.79 Å². The minimum Gasteiger partial charge on any atom is -0.495 e. The molecule has 0 bridgehead atoms. The largest absolute Gasteiger partial charge is 0.495 e. The number of aliphatic hydroxyl groups excluding tert-OH is 1. The summed E-state index contributed by atoms with van der Waals surface area (Å²) in [5.41, 5.74) is 6.76. The number of anilines is 1. The first-order valence-corrected chi connectivity index (χ1v) is 6.02. The van der Waals surface area contributed by atoms with Crippen LogP contribution in [-0.4, -0.2) is 42.2 Å². The van der Waals surface area contributed by atoms with Crippen LogP contribution < -0.4 is 10.5 Å². The molecule has 0 aliphatic carbocycles. The number of β-amino-alcohol motifs (C(OH)–C–C–N with tert-alkyl or cyclic N) is 1. The molecule has 2 rings (SSSR count). The number of methoxy groups -OCH3 is 1. The van der Waals surface area contributed by atoms with Gasteiger partial charge in [0.25, 0.3) is 5.91 Å². The van der Waals surface area contributed by atoms with E-state index >= 15 is 0 Å². The Morgan fingerprint density at radius 3 is 3.00 bits per heavy atom. The van der Waals surface area contributed by atoms with E-state index in [1.54, 1.807) is 23.1 Å². The number of rotatable bonds is 2. The molecule has 98 valence electrons. The van der Waals surface area contributed by atoms with E-state index in [1.807, 2.05) is 0 Å². The molecule has 1 aromatic rings. The summed E-state index contributed by atoms with van der Waals surface area (Å²) in [4.78, 5) is 13.9. The van der Waals surface area contributed by atoms with E-state index in [0.29, 0.717) is 30.1 Å². The predicted molar refractivity (Wildman–Crippen MR) is 68.6 cm³/mol. The van der Waals surface area contributed by atoms with Crippen molar-refractivity contribution in [2.45, 2.75) is 18.9 Å². The zero-order valence-electron chi connectivity index (χ0n) is 10.4. The van der Waals surface area contributed by atoms with Crippen LogP contribution in [0.3, 0.4) is 0 Å². The molecule has 1 atom stereocenters. The van der Waals surface area contributed by atoms with Crippen LogP contribution in [0.1, 0.15) is 23.2 Å². The van der Waals surface area contributed by atoms with Crippen molar-refractivity contribution in [1.29, 1.82) is 0 Å². The lowest BCUT2D eigenvalue weighted by atomic mass is 10.1. The minimum atomic E-state index is -0.418. The number of hydrogen-bond donors (Lipinski definition) is 2. The predicted octanol–water partition coefficient (Wildman–Crippen LogP) is 0.874. The van der Waals surface area contributed by atoms with Crippen LogP contribution in [0.4, 0.5) is 5.69 Å².